The maximum absolute atomic E-state index is 11.5. The van der Waals surface area contributed by atoms with Gasteiger partial charge in [-0.15, -0.1) is 12.4 Å². The Kier molecular flexibility index (Phi) is 9.34. The van der Waals surface area contributed by atoms with E-state index in [1.807, 2.05) is 0 Å². The van der Waals surface area contributed by atoms with Gasteiger partial charge in [0.25, 0.3) is 0 Å². The lowest BCUT2D eigenvalue weighted by molar-refractivity contribution is -0.115. The normalized spacial score (nSPS) is 9.63. The third-order valence-corrected chi connectivity index (χ3v) is 2.41. The van der Waals surface area contributed by atoms with Gasteiger partial charge >= 0.3 is 0 Å². The monoisotopic (exact) mass is 308 g/mol. The van der Waals surface area contributed by atoms with Gasteiger partial charge in [-0.25, -0.2) is 0 Å². The fourth-order valence-electron chi connectivity index (χ4n) is 1.34. The van der Waals surface area contributed by atoms with Gasteiger partial charge in [0.2, 0.25) is 5.91 Å². The van der Waals surface area contributed by atoms with Crippen molar-refractivity contribution >= 4 is 35.6 Å². The highest BCUT2D eigenvalue weighted by Gasteiger charge is 2.10. The van der Waals surface area contributed by atoms with E-state index in [0.29, 0.717) is 29.7 Å². The van der Waals surface area contributed by atoms with Gasteiger partial charge in [-0.2, -0.15) is 0 Å². The molecule has 1 aromatic rings. The van der Waals surface area contributed by atoms with Gasteiger partial charge in [0, 0.05) is 7.11 Å². The molecule has 0 aromatic heterocycles. The van der Waals surface area contributed by atoms with E-state index in [1.54, 1.807) is 32.4 Å². The van der Waals surface area contributed by atoms with Crippen molar-refractivity contribution in [2.45, 2.75) is 0 Å². The largest absolute Gasteiger partial charge is 0.487 e. The summed E-state index contributed by atoms with van der Waals surface area (Å²) in [6.07, 6.45) is 0. The van der Waals surface area contributed by atoms with Crippen LogP contribution in [0.1, 0.15) is 0 Å². The number of hydrogen-bond donors (Lipinski definition) is 2. The van der Waals surface area contributed by atoms with Crippen molar-refractivity contribution in [3.05, 3.63) is 23.2 Å². The summed E-state index contributed by atoms with van der Waals surface area (Å²) in [6, 6.07) is 5.19. The molecule has 2 N–H and O–H groups in total. The van der Waals surface area contributed by atoms with Crippen LogP contribution in [0, 0.1) is 0 Å². The Morgan fingerprint density at radius 3 is 2.74 bits per heavy atom. The van der Waals surface area contributed by atoms with E-state index in [2.05, 4.69) is 10.6 Å². The van der Waals surface area contributed by atoms with Crippen LogP contribution >= 0.6 is 24.0 Å². The van der Waals surface area contributed by atoms with Crippen molar-refractivity contribution in [1.29, 1.82) is 0 Å². The molecule has 0 bridgehead atoms. The Morgan fingerprint density at radius 2 is 2.11 bits per heavy atom. The molecule has 1 amide bonds. The van der Waals surface area contributed by atoms with Gasteiger partial charge in [-0.3, -0.25) is 4.79 Å². The zero-order valence-electron chi connectivity index (χ0n) is 10.9. The number of nitrogens with one attached hydrogen (secondary N) is 2. The van der Waals surface area contributed by atoms with E-state index in [4.69, 9.17) is 21.1 Å². The third kappa shape index (κ3) is 6.11. The summed E-state index contributed by atoms with van der Waals surface area (Å²) in [5, 5.41) is 5.95. The van der Waals surface area contributed by atoms with Gasteiger partial charge < -0.3 is 20.1 Å². The van der Waals surface area contributed by atoms with Crippen LogP contribution in [0.15, 0.2) is 18.2 Å². The van der Waals surface area contributed by atoms with Crippen LogP contribution < -0.4 is 15.4 Å². The van der Waals surface area contributed by atoms with E-state index in [0.717, 1.165) is 0 Å². The summed E-state index contributed by atoms with van der Waals surface area (Å²) >= 11 is 6.04. The number of amides is 1. The van der Waals surface area contributed by atoms with E-state index in [-0.39, 0.29) is 24.9 Å². The number of halogens is 2. The minimum absolute atomic E-state index is 0. The Labute approximate surface area is 124 Å². The maximum Gasteiger partial charge on any atom is 0.238 e. The number of ether oxygens (including phenoxy) is 2. The van der Waals surface area contributed by atoms with Gasteiger partial charge in [0.05, 0.1) is 23.9 Å². The zero-order chi connectivity index (χ0) is 13.4. The molecule has 1 aromatic carbocycles. The topological polar surface area (TPSA) is 59.6 Å². The number of benzene rings is 1. The van der Waals surface area contributed by atoms with Crippen LogP contribution in [-0.2, 0) is 9.53 Å². The fraction of sp³-hybridized carbons (Fsp3) is 0.417. The minimum Gasteiger partial charge on any atom is -0.487 e. The summed E-state index contributed by atoms with van der Waals surface area (Å²) < 4.78 is 10.4. The SMILES string of the molecule is CNCC(=O)Nc1cccc(Cl)c1OCCOC.Cl. The van der Waals surface area contributed by atoms with Crippen LogP contribution in [0.3, 0.4) is 0 Å². The molecule has 0 atom stereocenters. The van der Waals surface area contributed by atoms with E-state index in [1.165, 1.54) is 0 Å². The number of likely N-dealkylation sites (N-methyl/N-ethyl adjacent to an activating group) is 1. The second-order valence-electron chi connectivity index (χ2n) is 3.54. The summed E-state index contributed by atoms with van der Waals surface area (Å²) in [6.45, 7) is 1.05. The highest BCUT2D eigenvalue weighted by molar-refractivity contribution is 6.32. The molecular weight excluding hydrogens is 291 g/mol. The summed E-state index contributed by atoms with van der Waals surface area (Å²) in [5.74, 6) is 0.303. The minimum atomic E-state index is -0.156. The summed E-state index contributed by atoms with van der Waals surface area (Å²) in [7, 11) is 3.29. The van der Waals surface area contributed by atoms with Crippen LogP contribution in [0.4, 0.5) is 5.69 Å². The second-order valence-corrected chi connectivity index (χ2v) is 3.94. The first-order chi connectivity index (χ1) is 8.69. The molecular formula is C12H18Cl2N2O3. The highest BCUT2D eigenvalue weighted by Crippen LogP contribution is 2.32. The van der Waals surface area contributed by atoms with Crippen molar-refractivity contribution in [3.8, 4) is 5.75 Å². The number of methoxy groups -OCH3 is 1. The molecule has 0 unspecified atom stereocenters. The number of carbonyl (C=O) groups excluding carboxylic acids is 1. The van der Waals surface area contributed by atoms with Crippen molar-refractivity contribution in [1.82, 2.24) is 5.32 Å². The first-order valence-corrected chi connectivity index (χ1v) is 5.91. The average Bonchev–Trinajstić information content (AvgIpc) is 2.33. The van der Waals surface area contributed by atoms with Crippen molar-refractivity contribution < 1.29 is 14.3 Å². The molecule has 5 nitrogen and oxygen atoms in total. The Balaban J connectivity index is 0.00000324. The molecule has 0 aliphatic rings. The molecule has 0 saturated heterocycles. The van der Waals surface area contributed by atoms with Crippen LogP contribution in [0.2, 0.25) is 5.02 Å². The van der Waals surface area contributed by atoms with Crippen LogP contribution in [-0.4, -0.2) is 39.8 Å². The summed E-state index contributed by atoms with van der Waals surface area (Å²) in [4.78, 5) is 11.5. The Hall–Kier alpha value is -1.01. The standard InChI is InChI=1S/C12H17ClN2O3.ClH/c1-14-8-11(16)15-10-5-3-4-9(13)12(10)18-7-6-17-2;/h3-5,14H,6-8H2,1-2H3,(H,15,16);1H. The number of hydrogen-bond acceptors (Lipinski definition) is 4. The molecule has 19 heavy (non-hydrogen) atoms. The van der Waals surface area contributed by atoms with Crippen LogP contribution in [0.5, 0.6) is 5.75 Å². The van der Waals surface area contributed by atoms with Gasteiger partial charge in [0.15, 0.2) is 5.75 Å². The molecule has 0 heterocycles. The molecule has 0 fully saturated rings. The average molecular weight is 309 g/mol. The number of rotatable bonds is 7. The summed E-state index contributed by atoms with van der Waals surface area (Å²) in [5.41, 5.74) is 0.554. The van der Waals surface area contributed by atoms with Gasteiger partial charge in [0.1, 0.15) is 6.61 Å². The lowest BCUT2D eigenvalue weighted by atomic mass is 10.3. The molecule has 0 spiro atoms. The number of para-hydroxylation sites is 1. The molecule has 0 radical (unpaired) electrons. The zero-order valence-corrected chi connectivity index (χ0v) is 12.4. The van der Waals surface area contributed by atoms with E-state index >= 15 is 0 Å². The lowest BCUT2D eigenvalue weighted by Crippen LogP contribution is -2.25. The predicted octanol–water partition coefficient (Wildman–Crippen LogP) is 1.94. The number of anilines is 1. The van der Waals surface area contributed by atoms with E-state index in [9.17, 15) is 4.79 Å². The molecule has 7 heteroatoms. The molecule has 108 valence electrons. The predicted molar refractivity (Wildman–Crippen MR) is 78.6 cm³/mol. The second kappa shape index (κ2) is 9.86. The molecule has 0 saturated carbocycles. The van der Waals surface area contributed by atoms with Crippen molar-refractivity contribution in [3.63, 3.8) is 0 Å². The van der Waals surface area contributed by atoms with Crippen molar-refractivity contribution in [2.75, 3.05) is 39.2 Å². The quantitative estimate of drug-likeness (QED) is 0.756. The fourth-order valence-corrected chi connectivity index (χ4v) is 1.57. The third-order valence-electron chi connectivity index (χ3n) is 2.11. The van der Waals surface area contributed by atoms with Crippen LogP contribution in [0.25, 0.3) is 0 Å². The molecule has 1 rings (SSSR count). The maximum atomic E-state index is 11.5. The number of carbonyl (C=O) groups is 1. The first kappa shape index (κ1) is 18.0. The first-order valence-electron chi connectivity index (χ1n) is 5.53. The Bertz CT molecular complexity index is 403. The van der Waals surface area contributed by atoms with E-state index < -0.39 is 0 Å². The van der Waals surface area contributed by atoms with Gasteiger partial charge in [-0.05, 0) is 19.2 Å². The highest BCUT2D eigenvalue weighted by atomic mass is 35.5. The smallest absolute Gasteiger partial charge is 0.238 e. The van der Waals surface area contributed by atoms with Gasteiger partial charge in [-0.1, -0.05) is 17.7 Å². The van der Waals surface area contributed by atoms with Crippen molar-refractivity contribution in [2.24, 2.45) is 0 Å². The molecule has 0 aliphatic carbocycles. The Morgan fingerprint density at radius 1 is 1.37 bits per heavy atom. The molecule has 0 aliphatic heterocycles. The lowest BCUT2D eigenvalue weighted by Gasteiger charge is -2.13.